The Morgan fingerprint density at radius 1 is 1.24 bits per heavy atom. The van der Waals surface area contributed by atoms with Crippen LogP contribution >= 0.6 is 11.3 Å². The van der Waals surface area contributed by atoms with E-state index < -0.39 is 5.92 Å². The number of benzene rings is 1. The minimum Gasteiger partial charge on any atom is -0.364 e. The number of carbonyl (C=O) groups is 1. The third-order valence-electron chi connectivity index (χ3n) is 6.55. The van der Waals surface area contributed by atoms with Gasteiger partial charge in [-0.2, -0.15) is 4.39 Å². The van der Waals surface area contributed by atoms with E-state index in [1.165, 1.54) is 16.2 Å². The van der Waals surface area contributed by atoms with Gasteiger partial charge in [-0.05, 0) is 61.1 Å². The van der Waals surface area contributed by atoms with E-state index in [1.807, 2.05) is 13.8 Å². The van der Waals surface area contributed by atoms with Crippen LogP contribution in [0.3, 0.4) is 0 Å². The molecule has 5 rings (SSSR count). The summed E-state index contributed by atoms with van der Waals surface area (Å²) in [6.07, 6.45) is 0.780. The molecule has 0 spiro atoms. The van der Waals surface area contributed by atoms with E-state index in [0.29, 0.717) is 5.92 Å². The molecule has 2 aliphatic carbocycles. The van der Waals surface area contributed by atoms with Gasteiger partial charge < -0.3 is 10.2 Å². The normalized spacial score (nSPS) is 24.5. The molecule has 3 nitrogen and oxygen atoms in total. The smallest absolute Gasteiger partial charge is 0.248 e. The van der Waals surface area contributed by atoms with Crippen LogP contribution in [0.2, 0.25) is 0 Å². The second-order valence-electron chi connectivity index (χ2n) is 8.81. The van der Waals surface area contributed by atoms with Gasteiger partial charge in [0.05, 0.1) is 6.04 Å². The van der Waals surface area contributed by atoms with Crippen LogP contribution in [0.5, 0.6) is 0 Å². The third kappa shape index (κ3) is 3.23. The first kappa shape index (κ1) is 19.0. The topological polar surface area (TPSA) is 32.3 Å². The summed E-state index contributed by atoms with van der Waals surface area (Å²) in [6, 6.07) is 6.01. The Hall–Kier alpha value is -2.02. The number of hydrogen-bond donors (Lipinski definition) is 1. The Kier molecular flexibility index (Phi) is 4.25. The molecule has 2 aromatic rings. The van der Waals surface area contributed by atoms with Crippen molar-refractivity contribution >= 4 is 28.6 Å². The van der Waals surface area contributed by atoms with Gasteiger partial charge in [0.15, 0.2) is 5.13 Å². The summed E-state index contributed by atoms with van der Waals surface area (Å²) in [5, 5.41) is 2.82. The number of rotatable bonds is 4. The maximum atomic E-state index is 13.7. The van der Waals surface area contributed by atoms with Crippen LogP contribution in [0.1, 0.15) is 59.2 Å². The Morgan fingerprint density at radius 2 is 1.93 bits per heavy atom. The molecule has 1 saturated carbocycles. The first-order valence-electron chi connectivity index (χ1n) is 10.0. The van der Waals surface area contributed by atoms with E-state index in [0.717, 1.165) is 41.0 Å². The van der Waals surface area contributed by atoms with Gasteiger partial charge in [-0.3, -0.25) is 4.79 Å². The summed E-state index contributed by atoms with van der Waals surface area (Å²) < 4.78 is 39.7. The standard InChI is InChI=1S/C22H23F3N2OS/c1-11-3-15(27-10-14-6-17(27)16-7-18(23)29-21(14)16)4-12(2)20(11)26-19(28)5-13-8-22(24,25)9-13/h3-4,7,13-14,17H,5-6,8-10H2,1-2H3,(H,26,28). The van der Waals surface area contributed by atoms with E-state index in [9.17, 15) is 18.0 Å². The predicted molar refractivity (Wildman–Crippen MR) is 109 cm³/mol. The zero-order valence-electron chi connectivity index (χ0n) is 16.4. The van der Waals surface area contributed by atoms with E-state index in [-0.39, 0.29) is 42.3 Å². The largest absolute Gasteiger partial charge is 0.364 e. The molecule has 2 fully saturated rings. The first-order chi connectivity index (χ1) is 13.7. The van der Waals surface area contributed by atoms with Crippen molar-refractivity contribution in [3.63, 3.8) is 0 Å². The highest BCUT2D eigenvalue weighted by Crippen LogP contribution is 2.54. The number of thiophene rings is 1. The predicted octanol–water partition coefficient (Wildman–Crippen LogP) is 5.93. The highest BCUT2D eigenvalue weighted by atomic mass is 32.1. The van der Waals surface area contributed by atoms with Crippen molar-refractivity contribution < 1.29 is 18.0 Å². The lowest BCUT2D eigenvalue weighted by Crippen LogP contribution is -2.37. The van der Waals surface area contributed by atoms with Crippen molar-refractivity contribution in [3.8, 4) is 0 Å². The lowest BCUT2D eigenvalue weighted by Gasteiger charge is -2.34. The summed E-state index contributed by atoms with van der Waals surface area (Å²) in [7, 11) is 0. The van der Waals surface area contributed by atoms with E-state index in [2.05, 4.69) is 22.3 Å². The fraction of sp³-hybridized carbons (Fsp3) is 0.500. The average molecular weight is 421 g/mol. The van der Waals surface area contributed by atoms with Gasteiger partial charge in [0, 0.05) is 48.0 Å². The number of fused-ring (bicyclic) bond motifs is 5. The molecule has 2 atom stereocenters. The van der Waals surface area contributed by atoms with Crippen molar-refractivity contribution in [3.05, 3.63) is 44.9 Å². The van der Waals surface area contributed by atoms with Gasteiger partial charge >= 0.3 is 0 Å². The van der Waals surface area contributed by atoms with Crippen LogP contribution in [0.25, 0.3) is 0 Å². The van der Waals surface area contributed by atoms with Crippen molar-refractivity contribution in [2.75, 3.05) is 16.8 Å². The molecule has 3 aliphatic rings. The van der Waals surface area contributed by atoms with Crippen LogP contribution in [-0.4, -0.2) is 18.4 Å². The summed E-state index contributed by atoms with van der Waals surface area (Å²) in [6.45, 7) is 4.79. The number of hydrogen-bond acceptors (Lipinski definition) is 3. The van der Waals surface area contributed by atoms with Gasteiger partial charge in [-0.1, -0.05) is 0 Å². The number of nitrogens with one attached hydrogen (secondary N) is 1. The number of amides is 1. The fourth-order valence-electron chi connectivity index (χ4n) is 5.26. The molecule has 154 valence electrons. The number of anilines is 2. The number of halogens is 3. The van der Waals surface area contributed by atoms with Gasteiger partial charge in [0.2, 0.25) is 11.8 Å². The SMILES string of the molecule is Cc1cc(N2CC3CC2c2cc(F)sc23)cc(C)c1NC(=O)CC1CC(F)(F)C1. The average Bonchev–Trinajstić information content (AvgIpc) is 3.27. The molecule has 1 saturated heterocycles. The Labute approximate surface area is 171 Å². The Bertz CT molecular complexity index is 971. The lowest BCUT2D eigenvalue weighted by molar-refractivity contribution is -0.129. The molecular weight excluding hydrogens is 397 g/mol. The van der Waals surface area contributed by atoms with Crippen LogP contribution < -0.4 is 10.2 Å². The Balaban J connectivity index is 1.31. The third-order valence-corrected chi connectivity index (χ3v) is 7.66. The van der Waals surface area contributed by atoms with E-state index >= 15 is 0 Å². The van der Waals surface area contributed by atoms with Crippen LogP contribution in [-0.2, 0) is 4.79 Å². The van der Waals surface area contributed by atoms with Gasteiger partial charge in [-0.15, -0.1) is 11.3 Å². The second-order valence-corrected chi connectivity index (χ2v) is 9.84. The molecule has 2 unspecified atom stereocenters. The maximum absolute atomic E-state index is 13.7. The molecule has 2 bridgehead atoms. The molecule has 1 aromatic carbocycles. The van der Waals surface area contributed by atoms with Crippen molar-refractivity contribution in [1.29, 1.82) is 0 Å². The van der Waals surface area contributed by atoms with Gasteiger partial charge in [0.25, 0.3) is 0 Å². The van der Waals surface area contributed by atoms with E-state index in [4.69, 9.17) is 0 Å². The summed E-state index contributed by atoms with van der Waals surface area (Å²) in [5.41, 5.74) is 4.87. The summed E-state index contributed by atoms with van der Waals surface area (Å²) in [5.74, 6) is -2.64. The van der Waals surface area contributed by atoms with Crippen LogP contribution in [0.4, 0.5) is 24.5 Å². The molecule has 29 heavy (non-hydrogen) atoms. The van der Waals surface area contributed by atoms with Gasteiger partial charge in [-0.25, -0.2) is 8.78 Å². The highest BCUT2D eigenvalue weighted by Gasteiger charge is 2.46. The van der Waals surface area contributed by atoms with E-state index in [1.54, 1.807) is 6.07 Å². The number of aryl methyl sites for hydroxylation is 2. The first-order valence-corrected chi connectivity index (χ1v) is 10.9. The monoisotopic (exact) mass is 420 g/mol. The van der Waals surface area contributed by atoms with Crippen LogP contribution in [0.15, 0.2) is 18.2 Å². The molecule has 2 heterocycles. The lowest BCUT2D eigenvalue weighted by atomic mass is 9.79. The Morgan fingerprint density at radius 3 is 2.59 bits per heavy atom. The minimum absolute atomic E-state index is 0.110. The fourth-order valence-corrected chi connectivity index (χ4v) is 6.30. The molecule has 1 N–H and O–H groups in total. The van der Waals surface area contributed by atoms with Crippen molar-refractivity contribution in [2.45, 2.75) is 57.4 Å². The minimum atomic E-state index is -2.60. The molecule has 1 amide bonds. The van der Waals surface area contributed by atoms with Crippen molar-refractivity contribution in [2.24, 2.45) is 5.92 Å². The number of carbonyl (C=O) groups excluding carboxylic acids is 1. The number of alkyl halides is 2. The zero-order valence-corrected chi connectivity index (χ0v) is 17.2. The zero-order chi connectivity index (χ0) is 20.5. The number of nitrogens with zero attached hydrogens (tertiary/aromatic N) is 1. The molecule has 1 aliphatic heterocycles. The molecular formula is C22H23F3N2OS. The molecule has 0 radical (unpaired) electrons. The molecule has 7 heteroatoms. The highest BCUT2D eigenvalue weighted by molar-refractivity contribution is 7.10. The maximum Gasteiger partial charge on any atom is 0.248 e. The van der Waals surface area contributed by atoms with Crippen LogP contribution in [0, 0.1) is 24.9 Å². The second kappa shape index (κ2) is 6.49. The van der Waals surface area contributed by atoms with Gasteiger partial charge in [0.1, 0.15) is 0 Å². The van der Waals surface area contributed by atoms with Crippen molar-refractivity contribution in [1.82, 2.24) is 0 Å². The molecule has 1 aromatic heterocycles. The quantitative estimate of drug-likeness (QED) is 0.665. The summed E-state index contributed by atoms with van der Waals surface area (Å²) >= 11 is 1.28. The summed E-state index contributed by atoms with van der Waals surface area (Å²) in [4.78, 5) is 15.8.